The van der Waals surface area contributed by atoms with Crippen LogP contribution in [0.15, 0.2) is 24.3 Å². The first kappa shape index (κ1) is 22.5. The van der Waals surface area contributed by atoms with E-state index in [1.165, 1.54) is 0 Å². The average Bonchev–Trinajstić information content (AvgIpc) is 2.65. The number of carbonyl (C=O) groups excluding carboxylic acids is 3. The number of esters is 1. The second-order valence-corrected chi connectivity index (χ2v) is 6.01. The molecule has 0 aliphatic heterocycles. The number of ether oxygens (including phenoxy) is 1. The number of nitrogens with one attached hydrogen (secondary N) is 3. The Kier molecular flexibility index (Phi) is 10.7. The lowest BCUT2D eigenvalue weighted by atomic mass is 10.1. The molecule has 0 bridgehead atoms. The average molecular weight is 395 g/mol. The molecule has 27 heavy (non-hydrogen) atoms. The van der Waals surface area contributed by atoms with Crippen LogP contribution in [0.5, 0.6) is 0 Å². The van der Waals surface area contributed by atoms with Crippen molar-refractivity contribution >= 4 is 40.8 Å². The fourth-order valence-electron chi connectivity index (χ4n) is 2.01. The lowest BCUT2D eigenvalue weighted by molar-refractivity contribution is -0.144. The van der Waals surface area contributed by atoms with E-state index < -0.39 is 11.9 Å². The van der Waals surface area contributed by atoms with Crippen molar-refractivity contribution in [1.82, 2.24) is 10.6 Å². The van der Waals surface area contributed by atoms with Crippen molar-refractivity contribution in [2.45, 2.75) is 32.6 Å². The first-order valence-corrected chi connectivity index (χ1v) is 9.13. The number of hydrogen-bond acceptors (Lipinski definition) is 6. The molecule has 1 aromatic carbocycles. The van der Waals surface area contributed by atoms with Crippen LogP contribution in [0, 0.1) is 0 Å². The zero-order chi connectivity index (χ0) is 20.1. The Balaban J connectivity index is 2.53. The summed E-state index contributed by atoms with van der Waals surface area (Å²) in [6.45, 7) is 2.55. The molecular weight excluding hydrogens is 370 g/mol. The smallest absolute Gasteiger partial charge is 0.306 e. The van der Waals surface area contributed by atoms with Crippen molar-refractivity contribution in [2.24, 2.45) is 0 Å². The molecule has 0 aliphatic rings. The minimum atomic E-state index is -0.434. The van der Waals surface area contributed by atoms with E-state index in [9.17, 15) is 14.4 Å². The molecule has 0 aliphatic carbocycles. The van der Waals surface area contributed by atoms with Crippen LogP contribution in [0.2, 0.25) is 0 Å². The maximum Gasteiger partial charge on any atom is 0.306 e. The summed E-state index contributed by atoms with van der Waals surface area (Å²) < 4.78 is 4.90. The van der Waals surface area contributed by atoms with Gasteiger partial charge in [-0.25, -0.2) is 0 Å². The fourth-order valence-corrected chi connectivity index (χ4v) is 2.24. The van der Waals surface area contributed by atoms with Gasteiger partial charge in [0.25, 0.3) is 5.91 Å². The Hall–Kier alpha value is -2.52. The molecule has 0 unspecified atom stereocenters. The molecule has 8 nitrogen and oxygen atoms in total. The van der Waals surface area contributed by atoms with Crippen molar-refractivity contribution in [1.29, 1.82) is 0 Å². The lowest BCUT2D eigenvalue weighted by Gasteiger charge is -2.13. The van der Waals surface area contributed by atoms with Crippen LogP contribution < -0.4 is 16.0 Å². The zero-order valence-corrected chi connectivity index (χ0v) is 16.1. The highest BCUT2D eigenvalue weighted by Gasteiger charge is 2.13. The number of aliphatic hydroxyl groups is 1. The molecule has 1 rings (SSSR count). The van der Waals surface area contributed by atoms with Gasteiger partial charge in [-0.2, -0.15) is 0 Å². The Labute approximate surface area is 163 Å². The Morgan fingerprint density at radius 3 is 2.63 bits per heavy atom. The summed E-state index contributed by atoms with van der Waals surface area (Å²) >= 11 is 5.09. The molecule has 0 atom stereocenters. The van der Waals surface area contributed by atoms with Gasteiger partial charge in [-0.1, -0.05) is 19.1 Å². The summed E-state index contributed by atoms with van der Waals surface area (Å²) in [7, 11) is 0. The summed E-state index contributed by atoms with van der Waals surface area (Å²) in [4.78, 5) is 35.5. The molecule has 0 spiro atoms. The van der Waals surface area contributed by atoms with E-state index in [4.69, 9.17) is 22.1 Å². The number of aliphatic hydroxyl groups excluding tert-OH is 1. The quantitative estimate of drug-likeness (QED) is 0.268. The van der Waals surface area contributed by atoms with E-state index in [1.54, 1.807) is 24.3 Å². The van der Waals surface area contributed by atoms with Gasteiger partial charge in [-0.3, -0.25) is 14.4 Å². The predicted octanol–water partition coefficient (Wildman–Crippen LogP) is 1.35. The lowest BCUT2D eigenvalue weighted by Crippen LogP contribution is -2.35. The summed E-state index contributed by atoms with van der Waals surface area (Å²) in [5.41, 5.74) is 0.793. The third-order valence-electron chi connectivity index (χ3n) is 3.32. The van der Waals surface area contributed by atoms with Crippen molar-refractivity contribution < 1.29 is 24.2 Å². The predicted molar refractivity (Wildman–Crippen MR) is 105 cm³/mol. The van der Waals surface area contributed by atoms with Gasteiger partial charge in [0.1, 0.15) is 0 Å². The van der Waals surface area contributed by atoms with Gasteiger partial charge in [0.05, 0.1) is 24.3 Å². The van der Waals surface area contributed by atoms with Crippen LogP contribution in [0.4, 0.5) is 5.69 Å². The summed E-state index contributed by atoms with van der Waals surface area (Å²) in [6, 6.07) is 6.70. The first-order chi connectivity index (χ1) is 13.0. The zero-order valence-electron chi connectivity index (χ0n) is 15.2. The molecule has 0 saturated carbocycles. The largest absolute Gasteiger partial charge is 0.466 e. The van der Waals surface area contributed by atoms with E-state index >= 15 is 0 Å². The molecule has 148 valence electrons. The van der Waals surface area contributed by atoms with E-state index in [0.29, 0.717) is 30.8 Å². The number of carbonyl (C=O) groups is 3. The highest BCUT2D eigenvalue weighted by molar-refractivity contribution is 7.80. The van der Waals surface area contributed by atoms with Gasteiger partial charge in [0.15, 0.2) is 5.11 Å². The van der Waals surface area contributed by atoms with Crippen molar-refractivity contribution in [3.8, 4) is 0 Å². The normalized spacial score (nSPS) is 10.0. The van der Waals surface area contributed by atoms with Gasteiger partial charge in [-0.05, 0) is 37.2 Å². The van der Waals surface area contributed by atoms with Crippen LogP contribution in [-0.2, 0) is 14.3 Å². The van der Waals surface area contributed by atoms with Crippen LogP contribution in [0.25, 0.3) is 0 Å². The molecule has 9 heteroatoms. The van der Waals surface area contributed by atoms with E-state index in [1.807, 2.05) is 6.92 Å². The second kappa shape index (κ2) is 12.8. The third kappa shape index (κ3) is 9.11. The second-order valence-electron chi connectivity index (χ2n) is 5.60. The summed E-state index contributed by atoms with van der Waals surface area (Å²) in [5.74, 6) is -1.18. The summed E-state index contributed by atoms with van der Waals surface area (Å²) in [5, 5.41) is 16.8. The van der Waals surface area contributed by atoms with Gasteiger partial charge < -0.3 is 25.8 Å². The number of hydrogen-bond donors (Lipinski definition) is 4. The molecule has 0 aromatic heterocycles. The molecule has 0 saturated heterocycles. The van der Waals surface area contributed by atoms with Gasteiger partial charge in [0, 0.05) is 19.6 Å². The summed E-state index contributed by atoms with van der Waals surface area (Å²) in [6.07, 6.45) is 1.10. The molecule has 0 fully saturated rings. The topological polar surface area (TPSA) is 117 Å². The van der Waals surface area contributed by atoms with Crippen LogP contribution >= 0.6 is 12.2 Å². The Bertz CT molecular complexity index is 666. The van der Waals surface area contributed by atoms with Crippen molar-refractivity contribution in [2.75, 3.05) is 25.1 Å². The monoisotopic (exact) mass is 395 g/mol. The van der Waals surface area contributed by atoms with Crippen molar-refractivity contribution in [3.05, 3.63) is 29.8 Å². The van der Waals surface area contributed by atoms with Crippen LogP contribution in [0.1, 0.15) is 43.0 Å². The molecule has 0 heterocycles. The fraction of sp³-hybridized carbons (Fsp3) is 0.444. The Morgan fingerprint density at radius 2 is 1.93 bits per heavy atom. The van der Waals surface area contributed by atoms with E-state index in [0.717, 1.165) is 6.42 Å². The SMILES string of the molecule is CCCOC(=O)CCC(=O)NC(=S)Nc1ccccc1C(=O)NCCCO. The third-order valence-corrected chi connectivity index (χ3v) is 3.52. The van der Waals surface area contributed by atoms with Crippen LogP contribution in [-0.4, -0.2) is 47.8 Å². The van der Waals surface area contributed by atoms with Gasteiger partial charge in [-0.15, -0.1) is 0 Å². The highest BCUT2D eigenvalue weighted by Crippen LogP contribution is 2.14. The van der Waals surface area contributed by atoms with E-state index in [-0.39, 0.29) is 30.5 Å². The number of amides is 2. The standard InChI is InChI=1S/C18H25N3O5S/c1-2-12-26-16(24)9-8-15(23)21-18(27)20-14-7-4-3-6-13(14)17(25)19-10-5-11-22/h3-4,6-7,22H,2,5,8-12H2,1H3,(H,19,25)(H2,20,21,23,27). The van der Waals surface area contributed by atoms with Gasteiger partial charge in [0.2, 0.25) is 5.91 Å². The molecule has 2 amide bonds. The number of anilines is 1. The number of benzene rings is 1. The van der Waals surface area contributed by atoms with Crippen molar-refractivity contribution in [3.63, 3.8) is 0 Å². The highest BCUT2D eigenvalue weighted by atomic mass is 32.1. The molecule has 0 radical (unpaired) electrons. The van der Waals surface area contributed by atoms with E-state index in [2.05, 4.69) is 16.0 Å². The van der Waals surface area contributed by atoms with Gasteiger partial charge >= 0.3 is 5.97 Å². The molecule has 4 N–H and O–H groups in total. The first-order valence-electron chi connectivity index (χ1n) is 8.72. The minimum Gasteiger partial charge on any atom is -0.466 e. The molecule has 1 aromatic rings. The minimum absolute atomic E-state index is 0.0116. The van der Waals surface area contributed by atoms with Crippen LogP contribution in [0.3, 0.4) is 0 Å². The maximum atomic E-state index is 12.2. The number of thiocarbonyl (C=S) groups is 1. The molecular formula is C18H25N3O5S. The Morgan fingerprint density at radius 1 is 1.19 bits per heavy atom. The number of para-hydroxylation sites is 1. The maximum absolute atomic E-state index is 12.2. The number of rotatable bonds is 10.